The maximum atomic E-state index is 4.60. The van der Waals surface area contributed by atoms with Gasteiger partial charge >= 0.3 is 0 Å². The van der Waals surface area contributed by atoms with Crippen LogP contribution in [0.3, 0.4) is 0 Å². The summed E-state index contributed by atoms with van der Waals surface area (Å²) >= 11 is 0. The molecule has 0 N–H and O–H groups in total. The predicted octanol–water partition coefficient (Wildman–Crippen LogP) is 15.8. The second-order valence-corrected chi connectivity index (χ2v) is 19.3. The predicted molar refractivity (Wildman–Crippen MR) is 276 cm³/mol. The van der Waals surface area contributed by atoms with Crippen LogP contribution >= 0.6 is 0 Å². The van der Waals surface area contributed by atoms with Gasteiger partial charge < -0.3 is 14.4 Å². The zero-order valence-electron chi connectivity index (χ0n) is 37.6. The first-order valence-corrected chi connectivity index (χ1v) is 23.6. The summed E-state index contributed by atoms with van der Waals surface area (Å²) < 4.78 is 2.38. The molecule has 3 atom stereocenters. The Balaban J connectivity index is 0.861. The Morgan fingerprint density at radius 3 is 1.92 bits per heavy atom. The molecule has 1 fully saturated rings. The van der Waals surface area contributed by atoms with Crippen LogP contribution in [0.2, 0.25) is 0 Å². The van der Waals surface area contributed by atoms with Gasteiger partial charge in [0.15, 0.2) is 0 Å². The lowest BCUT2D eigenvalue weighted by molar-refractivity contribution is 0.273. The maximum absolute atomic E-state index is 4.60. The lowest BCUT2D eigenvalue weighted by atomic mass is 9.81. The highest BCUT2D eigenvalue weighted by Gasteiger charge is 2.50. The highest BCUT2D eigenvalue weighted by Crippen LogP contribution is 2.55. The Morgan fingerprint density at radius 2 is 1.24 bits per heavy atom. The van der Waals surface area contributed by atoms with E-state index in [0.717, 1.165) is 36.3 Å². The van der Waals surface area contributed by atoms with Gasteiger partial charge in [-0.2, -0.15) is 0 Å². The van der Waals surface area contributed by atoms with Gasteiger partial charge in [0, 0.05) is 50.6 Å². The van der Waals surface area contributed by atoms with Crippen molar-refractivity contribution in [2.45, 2.75) is 50.6 Å². The van der Waals surface area contributed by atoms with Crippen LogP contribution in [0.4, 0.5) is 11.4 Å². The van der Waals surface area contributed by atoms with Crippen molar-refractivity contribution >= 4 is 33.2 Å². The van der Waals surface area contributed by atoms with Crippen LogP contribution in [-0.2, 0) is 5.41 Å². The second-order valence-electron chi connectivity index (χ2n) is 19.3. The molecule has 0 bridgehead atoms. The van der Waals surface area contributed by atoms with Crippen molar-refractivity contribution in [1.82, 2.24) is 9.47 Å². The van der Waals surface area contributed by atoms with Crippen LogP contribution in [0.15, 0.2) is 235 Å². The van der Waals surface area contributed by atoms with Gasteiger partial charge in [-0.15, -0.1) is 6.58 Å². The molecule has 318 valence electrons. The van der Waals surface area contributed by atoms with E-state index in [2.05, 4.69) is 236 Å². The fourth-order valence-electron chi connectivity index (χ4n) is 12.3. The normalized spacial score (nSPS) is 19.7. The van der Waals surface area contributed by atoms with Crippen LogP contribution in [0.25, 0.3) is 60.9 Å². The molecule has 66 heavy (non-hydrogen) atoms. The number of rotatable bonds is 8. The van der Waals surface area contributed by atoms with E-state index in [9.17, 15) is 0 Å². The maximum Gasteiger partial charge on any atom is 0.0581 e. The molecular weight excluding hydrogens is 799 g/mol. The Kier molecular flexibility index (Phi) is 8.64. The van der Waals surface area contributed by atoms with Gasteiger partial charge in [-0.1, -0.05) is 154 Å². The molecule has 3 unspecified atom stereocenters. The highest BCUT2D eigenvalue weighted by atomic mass is 15.3. The number of hydrogen-bond donors (Lipinski definition) is 0. The lowest BCUT2D eigenvalue weighted by Gasteiger charge is -2.35. The van der Waals surface area contributed by atoms with Crippen LogP contribution < -0.4 is 4.90 Å². The lowest BCUT2D eigenvalue weighted by Crippen LogP contribution is -2.36. The van der Waals surface area contributed by atoms with Gasteiger partial charge in [0.2, 0.25) is 0 Å². The number of benzene rings is 7. The van der Waals surface area contributed by atoms with E-state index < -0.39 is 0 Å². The van der Waals surface area contributed by atoms with E-state index in [1.807, 2.05) is 0 Å². The molecule has 0 amide bonds. The van der Waals surface area contributed by atoms with E-state index in [1.165, 1.54) is 94.4 Å². The first-order chi connectivity index (χ1) is 32.4. The van der Waals surface area contributed by atoms with Gasteiger partial charge in [0.05, 0.1) is 23.1 Å². The third-order valence-corrected chi connectivity index (χ3v) is 15.5. The molecule has 1 aromatic heterocycles. The van der Waals surface area contributed by atoms with Gasteiger partial charge in [0.1, 0.15) is 0 Å². The van der Waals surface area contributed by atoms with Crippen molar-refractivity contribution in [3.8, 4) is 39.1 Å². The third-order valence-electron chi connectivity index (χ3n) is 15.5. The number of para-hydroxylation sites is 2. The number of nitrogens with zero attached hydrogens (tertiary/aromatic N) is 3. The molecule has 3 heterocycles. The van der Waals surface area contributed by atoms with Crippen LogP contribution in [0, 0.1) is 5.92 Å². The Hall–Kier alpha value is -7.62. The summed E-state index contributed by atoms with van der Waals surface area (Å²) in [6.45, 7) is 13.5. The van der Waals surface area contributed by atoms with Gasteiger partial charge in [-0.3, -0.25) is 0 Å². The zero-order chi connectivity index (χ0) is 44.3. The quantitative estimate of drug-likeness (QED) is 0.141. The Labute approximate surface area is 388 Å². The summed E-state index contributed by atoms with van der Waals surface area (Å²) in [5, 5.41) is 2.55. The van der Waals surface area contributed by atoms with Crippen molar-refractivity contribution in [2.75, 3.05) is 4.90 Å². The van der Waals surface area contributed by atoms with Gasteiger partial charge in [-0.25, -0.2) is 0 Å². The molecular formula is C63H51N3. The zero-order valence-corrected chi connectivity index (χ0v) is 37.6. The standard InChI is InChI=1S/C63H51N3/c1-5-13-58-40(2)49-17-12-18-54-55-39-48(35-37-61(55)66(58)62(49)54)64(46-31-26-43(27-32-46)44-28-36-51-50-14-6-9-19-56(50)63(3,4)57(51)38-44)45-29-22-41(23-30-45)42-24-33-47(34-25-42)65-59-20-10-7-15-52(59)53-16-8-11-21-60(53)65/h5-12,14-17,19-36,38-39,54,58,61H,1-2,13,18,37H2,3-4H3. The minimum atomic E-state index is -0.0444. The van der Waals surface area contributed by atoms with Crippen molar-refractivity contribution in [3.63, 3.8) is 0 Å². The summed E-state index contributed by atoms with van der Waals surface area (Å²) in [5.41, 5.74) is 23.1. The van der Waals surface area contributed by atoms with Crippen molar-refractivity contribution < 1.29 is 0 Å². The molecule has 13 rings (SSSR count). The number of allylic oxidation sites excluding steroid dienone is 4. The SMILES string of the molecule is C=CCC1C(=C)C2=C3C(CC=C2)C2=CC(N(c4ccc(-c5ccc(-n6c7ccccc7c7ccccc76)cc5)cc4)c4ccc(-c5ccc6c(c5)C(C)(C)c5ccccc5-6)cc4)=CCC2N31. The number of fused-ring (bicyclic) bond motifs is 9. The average molecular weight is 850 g/mol. The fourth-order valence-corrected chi connectivity index (χ4v) is 12.3. The van der Waals surface area contributed by atoms with Gasteiger partial charge in [-0.05, 0) is 141 Å². The molecule has 2 aliphatic heterocycles. The largest absolute Gasteiger partial charge is 0.359 e. The van der Waals surface area contributed by atoms with Crippen LogP contribution in [0.1, 0.15) is 44.2 Å². The molecule has 5 aliphatic rings. The number of hydrogen-bond acceptors (Lipinski definition) is 2. The molecule has 7 aromatic carbocycles. The summed E-state index contributed by atoms with van der Waals surface area (Å²) in [7, 11) is 0. The van der Waals surface area contributed by atoms with E-state index in [-0.39, 0.29) is 11.5 Å². The van der Waals surface area contributed by atoms with Gasteiger partial charge in [0.25, 0.3) is 0 Å². The number of anilines is 2. The summed E-state index contributed by atoms with van der Waals surface area (Å²) in [6.07, 6.45) is 14.6. The topological polar surface area (TPSA) is 11.4 Å². The van der Waals surface area contributed by atoms with Crippen molar-refractivity contribution in [2.24, 2.45) is 5.92 Å². The molecule has 0 spiro atoms. The Morgan fingerprint density at radius 1 is 0.652 bits per heavy atom. The Bertz CT molecular complexity index is 3400. The van der Waals surface area contributed by atoms with Crippen LogP contribution in [0.5, 0.6) is 0 Å². The first-order valence-electron chi connectivity index (χ1n) is 23.6. The van der Waals surface area contributed by atoms with Crippen LogP contribution in [-0.4, -0.2) is 21.6 Å². The summed E-state index contributed by atoms with van der Waals surface area (Å²) in [5.74, 6) is 0.373. The smallest absolute Gasteiger partial charge is 0.0581 e. The molecule has 8 aromatic rings. The van der Waals surface area contributed by atoms with E-state index >= 15 is 0 Å². The molecule has 3 nitrogen and oxygen atoms in total. The monoisotopic (exact) mass is 849 g/mol. The molecule has 0 radical (unpaired) electrons. The average Bonchev–Trinajstić information content (AvgIpc) is 4.04. The highest BCUT2D eigenvalue weighted by molar-refractivity contribution is 6.09. The summed E-state index contributed by atoms with van der Waals surface area (Å²) in [4.78, 5) is 5.17. The van der Waals surface area contributed by atoms with Crippen molar-refractivity contribution in [3.05, 3.63) is 247 Å². The minimum absolute atomic E-state index is 0.0444. The third kappa shape index (κ3) is 5.69. The molecule has 3 aliphatic carbocycles. The van der Waals surface area contributed by atoms with E-state index in [0.29, 0.717) is 12.0 Å². The van der Waals surface area contributed by atoms with E-state index in [4.69, 9.17) is 0 Å². The second kappa shape index (κ2) is 14.7. The van der Waals surface area contributed by atoms with Crippen molar-refractivity contribution in [1.29, 1.82) is 0 Å². The minimum Gasteiger partial charge on any atom is -0.359 e. The first kappa shape index (κ1) is 38.8. The molecule has 3 heteroatoms. The van der Waals surface area contributed by atoms with E-state index in [1.54, 1.807) is 0 Å². The number of aromatic nitrogens is 1. The molecule has 0 saturated carbocycles. The molecule has 1 saturated heterocycles. The summed E-state index contributed by atoms with van der Waals surface area (Å²) in [6, 6.07) is 61.4. The fraction of sp³-hybridized carbons (Fsp3) is 0.143.